The number of pyridine rings is 1. The predicted octanol–water partition coefficient (Wildman–Crippen LogP) is 1.92. The van der Waals surface area contributed by atoms with Gasteiger partial charge in [0.05, 0.1) is 18.7 Å². The van der Waals surface area contributed by atoms with E-state index in [-0.39, 0.29) is 26.2 Å². The van der Waals surface area contributed by atoms with Crippen LogP contribution < -0.4 is 10.6 Å². The number of aromatic nitrogens is 1. The lowest BCUT2D eigenvalue weighted by Gasteiger charge is -2.57. The van der Waals surface area contributed by atoms with E-state index in [4.69, 9.17) is 5.73 Å². The van der Waals surface area contributed by atoms with Crippen molar-refractivity contribution in [2.45, 2.75) is 25.2 Å². The number of amides is 4. The molecule has 4 rings (SSSR count). The predicted molar refractivity (Wildman–Crippen MR) is 107 cm³/mol. The minimum absolute atomic E-state index is 0.0789. The average Bonchev–Trinajstić information content (AvgIpc) is 2.69. The van der Waals surface area contributed by atoms with Crippen molar-refractivity contribution in [3.63, 3.8) is 0 Å². The monoisotopic (exact) mass is 447 g/mol. The van der Waals surface area contributed by atoms with Gasteiger partial charge in [-0.3, -0.25) is 14.5 Å². The van der Waals surface area contributed by atoms with Crippen molar-refractivity contribution in [2.24, 2.45) is 5.73 Å². The molecular formula is C21H20F3N5O3. The number of carbonyl (C=O) groups is 3. The summed E-state index contributed by atoms with van der Waals surface area (Å²) in [6.07, 6.45) is -2.90. The SMILES string of the molecule is Cc1ccc(N2CC(=O)N(Cc3ccc(C(F)(F)F)cc3)C3(CN(C(N)=O)C3)C2=O)nc1. The van der Waals surface area contributed by atoms with Crippen LogP contribution in [0.4, 0.5) is 23.8 Å². The van der Waals surface area contributed by atoms with Gasteiger partial charge in [0.15, 0.2) is 5.54 Å². The summed E-state index contributed by atoms with van der Waals surface area (Å²) in [4.78, 5) is 46.2. The highest BCUT2D eigenvalue weighted by molar-refractivity contribution is 6.10. The van der Waals surface area contributed by atoms with Gasteiger partial charge < -0.3 is 15.5 Å². The molecule has 0 atom stereocenters. The Bertz CT molecular complexity index is 1060. The van der Waals surface area contributed by atoms with Gasteiger partial charge in [0.1, 0.15) is 12.4 Å². The summed E-state index contributed by atoms with van der Waals surface area (Å²) in [5.41, 5.74) is 4.47. The maximum atomic E-state index is 13.5. The molecule has 2 fully saturated rings. The highest BCUT2D eigenvalue weighted by Gasteiger charge is 2.60. The molecule has 2 saturated heterocycles. The van der Waals surface area contributed by atoms with Gasteiger partial charge in [0.2, 0.25) is 5.91 Å². The van der Waals surface area contributed by atoms with Gasteiger partial charge in [-0.05, 0) is 36.2 Å². The Hall–Kier alpha value is -3.63. The Labute approximate surface area is 181 Å². The number of nitrogens with two attached hydrogens (primary N) is 1. The van der Waals surface area contributed by atoms with Crippen LogP contribution in [0.1, 0.15) is 16.7 Å². The molecule has 4 amide bonds. The smallest absolute Gasteiger partial charge is 0.351 e. The van der Waals surface area contributed by atoms with Crippen molar-refractivity contribution in [1.29, 1.82) is 0 Å². The van der Waals surface area contributed by atoms with Gasteiger partial charge in [-0.1, -0.05) is 18.2 Å². The quantitative estimate of drug-likeness (QED) is 0.777. The van der Waals surface area contributed by atoms with Crippen LogP contribution in [-0.4, -0.2) is 57.8 Å². The van der Waals surface area contributed by atoms with Crippen LogP contribution in [0.25, 0.3) is 0 Å². The van der Waals surface area contributed by atoms with Crippen LogP contribution in [0.3, 0.4) is 0 Å². The molecule has 0 saturated carbocycles. The second kappa shape index (κ2) is 7.50. The van der Waals surface area contributed by atoms with Crippen LogP contribution in [-0.2, 0) is 22.3 Å². The lowest BCUT2D eigenvalue weighted by atomic mass is 9.83. The fourth-order valence-corrected chi connectivity index (χ4v) is 3.97. The molecule has 2 aliphatic heterocycles. The van der Waals surface area contributed by atoms with Crippen molar-refractivity contribution in [2.75, 3.05) is 24.5 Å². The van der Waals surface area contributed by atoms with E-state index in [0.29, 0.717) is 11.4 Å². The van der Waals surface area contributed by atoms with E-state index in [1.54, 1.807) is 18.3 Å². The van der Waals surface area contributed by atoms with E-state index in [2.05, 4.69) is 4.98 Å². The Balaban J connectivity index is 1.64. The number of rotatable bonds is 3. The second-order valence-corrected chi connectivity index (χ2v) is 7.99. The Morgan fingerprint density at radius 3 is 2.31 bits per heavy atom. The number of benzene rings is 1. The van der Waals surface area contributed by atoms with Crippen molar-refractivity contribution < 1.29 is 27.6 Å². The van der Waals surface area contributed by atoms with Gasteiger partial charge in [-0.25, -0.2) is 9.78 Å². The molecule has 8 nitrogen and oxygen atoms in total. The summed E-state index contributed by atoms with van der Waals surface area (Å²) in [6.45, 7) is 1.29. The fourth-order valence-electron chi connectivity index (χ4n) is 3.97. The summed E-state index contributed by atoms with van der Waals surface area (Å²) >= 11 is 0. The second-order valence-electron chi connectivity index (χ2n) is 7.99. The first kappa shape index (κ1) is 21.6. The molecule has 1 aromatic heterocycles. The van der Waals surface area contributed by atoms with E-state index in [9.17, 15) is 27.6 Å². The van der Waals surface area contributed by atoms with E-state index < -0.39 is 35.1 Å². The molecule has 0 radical (unpaired) electrons. The number of piperazine rings is 1. The van der Waals surface area contributed by atoms with Crippen molar-refractivity contribution in [3.8, 4) is 0 Å². The molecular weight excluding hydrogens is 427 g/mol. The lowest BCUT2D eigenvalue weighted by molar-refractivity contribution is -0.161. The molecule has 0 unspecified atom stereocenters. The molecule has 1 spiro atoms. The number of alkyl halides is 3. The summed E-state index contributed by atoms with van der Waals surface area (Å²) in [7, 11) is 0. The summed E-state index contributed by atoms with van der Waals surface area (Å²) in [5, 5.41) is 0. The normalized spacial score (nSPS) is 18.2. The van der Waals surface area contributed by atoms with E-state index in [1.165, 1.54) is 26.8 Å². The minimum Gasteiger partial charge on any atom is -0.351 e. The molecule has 2 N–H and O–H groups in total. The first-order valence-electron chi connectivity index (χ1n) is 9.77. The Morgan fingerprint density at radius 1 is 1.12 bits per heavy atom. The zero-order valence-electron chi connectivity index (χ0n) is 17.1. The number of likely N-dealkylation sites (tertiary alicyclic amines) is 1. The minimum atomic E-state index is -4.48. The first-order valence-corrected chi connectivity index (χ1v) is 9.77. The molecule has 32 heavy (non-hydrogen) atoms. The molecule has 0 aliphatic carbocycles. The number of aryl methyl sites for hydroxylation is 1. The van der Waals surface area contributed by atoms with Crippen LogP contribution in [0.5, 0.6) is 0 Å². The van der Waals surface area contributed by atoms with E-state index in [1.807, 2.05) is 6.92 Å². The maximum absolute atomic E-state index is 13.5. The maximum Gasteiger partial charge on any atom is 0.416 e. The van der Waals surface area contributed by atoms with Gasteiger partial charge >= 0.3 is 12.2 Å². The number of hydrogen-bond donors (Lipinski definition) is 1. The van der Waals surface area contributed by atoms with Crippen molar-refractivity contribution >= 4 is 23.7 Å². The van der Waals surface area contributed by atoms with Gasteiger partial charge in [0.25, 0.3) is 5.91 Å². The zero-order valence-corrected chi connectivity index (χ0v) is 17.1. The van der Waals surface area contributed by atoms with Gasteiger partial charge in [-0.15, -0.1) is 0 Å². The molecule has 1 aromatic carbocycles. The summed E-state index contributed by atoms with van der Waals surface area (Å²) < 4.78 is 38.6. The van der Waals surface area contributed by atoms with Crippen molar-refractivity contribution in [3.05, 3.63) is 59.3 Å². The number of carbonyl (C=O) groups excluding carboxylic acids is 3. The largest absolute Gasteiger partial charge is 0.416 e. The standard InChI is InChI=1S/C21H20F3N5O3/c1-13-2-7-16(26-8-13)28-10-17(30)29(20(18(28)31)11-27(12-20)19(25)32)9-14-3-5-15(6-4-14)21(22,23)24/h2-8H,9-12H2,1H3,(H2,25,32). The number of hydrogen-bond acceptors (Lipinski definition) is 4. The molecule has 2 aromatic rings. The van der Waals surface area contributed by atoms with Crippen LogP contribution in [0.15, 0.2) is 42.6 Å². The molecule has 2 aliphatic rings. The van der Waals surface area contributed by atoms with E-state index in [0.717, 1.165) is 17.7 Å². The Kier molecular flexibility index (Phi) is 5.06. The van der Waals surface area contributed by atoms with Crippen molar-refractivity contribution in [1.82, 2.24) is 14.8 Å². The summed E-state index contributed by atoms with van der Waals surface area (Å²) in [6, 6.07) is 7.06. The average molecular weight is 447 g/mol. The topological polar surface area (TPSA) is 99.8 Å². The number of urea groups is 1. The van der Waals surface area contributed by atoms with Gasteiger partial charge in [-0.2, -0.15) is 13.2 Å². The highest BCUT2D eigenvalue weighted by atomic mass is 19.4. The first-order chi connectivity index (χ1) is 15.0. The third-order valence-electron chi connectivity index (χ3n) is 5.77. The Morgan fingerprint density at radius 2 is 1.78 bits per heavy atom. The van der Waals surface area contributed by atoms with E-state index >= 15 is 0 Å². The third-order valence-corrected chi connectivity index (χ3v) is 5.77. The molecule has 11 heteroatoms. The molecule has 168 valence electrons. The zero-order chi connectivity index (χ0) is 23.3. The van der Waals surface area contributed by atoms with Crippen LogP contribution in [0.2, 0.25) is 0 Å². The number of nitrogens with zero attached hydrogens (tertiary/aromatic N) is 4. The number of primary amides is 1. The number of halogens is 3. The van der Waals surface area contributed by atoms with Gasteiger partial charge in [0, 0.05) is 12.7 Å². The fraction of sp³-hybridized carbons (Fsp3) is 0.333. The van der Waals surface area contributed by atoms with Crippen LogP contribution in [0, 0.1) is 6.92 Å². The third kappa shape index (κ3) is 3.63. The van der Waals surface area contributed by atoms with Crippen LogP contribution >= 0.6 is 0 Å². The number of anilines is 1. The highest BCUT2D eigenvalue weighted by Crippen LogP contribution is 2.36. The molecule has 3 heterocycles. The lowest BCUT2D eigenvalue weighted by Crippen LogP contribution is -2.81. The summed E-state index contributed by atoms with van der Waals surface area (Å²) in [5.74, 6) is -0.520. The molecule has 0 bridgehead atoms.